The highest BCUT2D eigenvalue weighted by atomic mass is 19.1. The molecule has 0 aliphatic carbocycles. The smallest absolute Gasteiger partial charge is 0.277 e. The molecule has 1 aliphatic rings. The first-order chi connectivity index (χ1) is 11.7. The van der Waals surface area contributed by atoms with Crippen LogP contribution in [-0.4, -0.2) is 27.2 Å². The van der Waals surface area contributed by atoms with Crippen LogP contribution >= 0.6 is 0 Å². The van der Waals surface area contributed by atoms with Crippen molar-refractivity contribution in [3.63, 3.8) is 0 Å². The number of pyridine rings is 1. The third kappa shape index (κ3) is 2.46. The lowest BCUT2D eigenvalue weighted by atomic mass is 10.0. The number of aryl methyl sites for hydroxylation is 1. The van der Waals surface area contributed by atoms with Gasteiger partial charge in [-0.25, -0.2) is 14.1 Å². The number of carbonyl (C=O) groups excluding carboxylic acids is 1. The monoisotopic (exact) mass is 322 g/mol. The van der Waals surface area contributed by atoms with Crippen molar-refractivity contribution in [2.24, 2.45) is 0 Å². The zero-order valence-corrected chi connectivity index (χ0v) is 12.9. The van der Waals surface area contributed by atoms with Gasteiger partial charge in [-0.3, -0.25) is 4.79 Å². The number of benzene rings is 1. The average Bonchev–Trinajstić information content (AvgIpc) is 3.16. The van der Waals surface area contributed by atoms with Gasteiger partial charge in [0.2, 0.25) is 0 Å². The highest BCUT2D eigenvalue weighted by Gasteiger charge is 2.27. The molecular weight excluding hydrogens is 307 g/mol. The van der Waals surface area contributed by atoms with Crippen LogP contribution in [0.1, 0.15) is 22.5 Å². The van der Waals surface area contributed by atoms with E-state index in [0.29, 0.717) is 18.1 Å². The molecule has 120 valence electrons. The zero-order chi connectivity index (χ0) is 16.5. The third-order valence-electron chi connectivity index (χ3n) is 4.11. The molecule has 3 aromatic rings. The number of carbonyl (C=O) groups is 1. The van der Waals surface area contributed by atoms with Crippen LogP contribution in [0, 0.1) is 5.82 Å². The maximum Gasteiger partial charge on any atom is 0.277 e. The number of hydrogen-bond donors (Lipinski definition) is 0. The Bertz CT molecular complexity index is 892. The van der Waals surface area contributed by atoms with E-state index in [1.165, 1.54) is 11.0 Å². The largest absolute Gasteiger partial charge is 0.304 e. The summed E-state index contributed by atoms with van der Waals surface area (Å²) in [6.45, 7) is 0.487. The van der Waals surface area contributed by atoms with E-state index in [0.717, 1.165) is 18.4 Å². The first kappa shape index (κ1) is 14.6. The first-order valence-electron chi connectivity index (χ1n) is 7.80. The Morgan fingerprint density at radius 2 is 2.00 bits per heavy atom. The summed E-state index contributed by atoms with van der Waals surface area (Å²) in [5, 5.41) is 4.12. The third-order valence-corrected chi connectivity index (χ3v) is 4.11. The van der Waals surface area contributed by atoms with Gasteiger partial charge in [0.25, 0.3) is 5.91 Å². The van der Waals surface area contributed by atoms with E-state index < -0.39 is 0 Å². The summed E-state index contributed by atoms with van der Waals surface area (Å²) in [7, 11) is 0. The van der Waals surface area contributed by atoms with Gasteiger partial charge in [0.1, 0.15) is 11.5 Å². The molecular formula is C18H15FN4O. The molecule has 0 saturated heterocycles. The highest BCUT2D eigenvalue weighted by Crippen LogP contribution is 2.30. The number of nitrogens with zero attached hydrogens (tertiary/aromatic N) is 4. The normalized spacial score (nSPS) is 13.6. The molecule has 2 aromatic heterocycles. The van der Waals surface area contributed by atoms with Gasteiger partial charge in [-0.15, -0.1) is 0 Å². The van der Waals surface area contributed by atoms with Crippen molar-refractivity contribution < 1.29 is 9.18 Å². The number of halogens is 1. The molecule has 0 bridgehead atoms. The fourth-order valence-electron chi connectivity index (χ4n) is 3.02. The molecule has 0 spiro atoms. The van der Waals surface area contributed by atoms with Crippen LogP contribution in [0.4, 0.5) is 10.1 Å². The summed E-state index contributed by atoms with van der Waals surface area (Å²) in [4.78, 5) is 18.8. The molecule has 0 saturated carbocycles. The Labute approximate surface area is 138 Å². The number of amides is 1. The van der Waals surface area contributed by atoms with Crippen molar-refractivity contribution in [1.82, 2.24) is 14.8 Å². The molecule has 0 atom stereocenters. The summed E-state index contributed by atoms with van der Waals surface area (Å²) in [5.41, 5.74) is 1.51. The number of aromatic nitrogens is 3. The minimum absolute atomic E-state index is 0.277. The summed E-state index contributed by atoms with van der Waals surface area (Å²) in [6, 6.07) is 11.9. The summed E-state index contributed by atoms with van der Waals surface area (Å²) in [5.74, 6) is -0.115. The van der Waals surface area contributed by atoms with E-state index in [2.05, 4.69) is 10.1 Å². The van der Waals surface area contributed by atoms with Gasteiger partial charge < -0.3 is 4.90 Å². The van der Waals surface area contributed by atoms with Gasteiger partial charge in [0.05, 0.1) is 5.69 Å². The van der Waals surface area contributed by atoms with Crippen molar-refractivity contribution in [3.8, 4) is 5.82 Å². The molecule has 1 aliphatic heterocycles. The number of rotatable bonds is 2. The fraction of sp³-hybridized carbons (Fsp3) is 0.167. The van der Waals surface area contributed by atoms with Crippen LogP contribution < -0.4 is 4.90 Å². The Balaban J connectivity index is 1.72. The van der Waals surface area contributed by atoms with Gasteiger partial charge >= 0.3 is 0 Å². The predicted octanol–water partition coefficient (Wildman–Crippen LogP) is 3.00. The Morgan fingerprint density at radius 3 is 2.83 bits per heavy atom. The molecule has 3 heterocycles. The summed E-state index contributed by atoms with van der Waals surface area (Å²) in [6.07, 6.45) is 4.98. The lowest BCUT2D eigenvalue weighted by Crippen LogP contribution is -2.36. The topological polar surface area (TPSA) is 51.0 Å². The number of hydrogen-bond acceptors (Lipinski definition) is 3. The quantitative estimate of drug-likeness (QED) is 0.729. The van der Waals surface area contributed by atoms with Gasteiger partial charge in [-0.05, 0) is 42.7 Å². The minimum Gasteiger partial charge on any atom is -0.304 e. The molecule has 1 aromatic carbocycles. The Hall–Kier alpha value is -3.02. The maximum atomic E-state index is 14.3. The zero-order valence-electron chi connectivity index (χ0n) is 12.9. The van der Waals surface area contributed by atoms with Crippen molar-refractivity contribution in [2.75, 3.05) is 11.4 Å². The Morgan fingerprint density at radius 1 is 1.12 bits per heavy atom. The SMILES string of the molecule is O=C(c1cccc(-n2cccn2)n1)N1CCCc2cccc(F)c21. The van der Waals surface area contributed by atoms with E-state index in [4.69, 9.17) is 0 Å². The summed E-state index contributed by atoms with van der Waals surface area (Å²) < 4.78 is 15.9. The molecule has 4 rings (SSSR count). The minimum atomic E-state index is -0.371. The second-order valence-corrected chi connectivity index (χ2v) is 5.64. The van der Waals surface area contributed by atoms with E-state index in [1.54, 1.807) is 47.4 Å². The molecule has 6 heteroatoms. The van der Waals surface area contributed by atoms with Crippen LogP contribution in [0.5, 0.6) is 0 Å². The molecule has 0 fully saturated rings. The van der Waals surface area contributed by atoms with E-state index in [-0.39, 0.29) is 17.4 Å². The van der Waals surface area contributed by atoms with Crippen molar-refractivity contribution >= 4 is 11.6 Å². The van der Waals surface area contributed by atoms with Gasteiger partial charge in [0, 0.05) is 18.9 Å². The van der Waals surface area contributed by atoms with Gasteiger partial charge in [-0.2, -0.15) is 5.10 Å². The number of fused-ring (bicyclic) bond motifs is 1. The van der Waals surface area contributed by atoms with Crippen LogP contribution in [0.25, 0.3) is 5.82 Å². The van der Waals surface area contributed by atoms with E-state index >= 15 is 0 Å². The second-order valence-electron chi connectivity index (χ2n) is 5.64. The number of anilines is 1. The Kier molecular flexibility index (Phi) is 3.57. The van der Waals surface area contributed by atoms with Gasteiger partial charge in [0.15, 0.2) is 5.82 Å². The average molecular weight is 322 g/mol. The molecule has 1 amide bonds. The van der Waals surface area contributed by atoms with E-state index in [1.807, 2.05) is 6.07 Å². The molecule has 0 N–H and O–H groups in total. The predicted molar refractivity (Wildman–Crippen MR) is 87.8 cm³/mol. The lowest BCUT2D eigenvalue weighted by Gasteiger charge is -2.29. The van der Waals surface area contributed by atoms with Crippen molar-refractivity contribution in [3.05, 3.63) is 71.9 Å². The highest BCUT2D eigenvalue weighted by molar-refractivity contribution is 6.05. The number of para-hydroxylation sites is 1. The van der Waals surface area contributed by atoms with Crippen molar-refractivity contribution in [1.29, 1.82) is 0 Å². The second kappa shape index (κ2) is 5.88. The summed E-state index contributed by atoms with van der Waals surface area (Å²) >= 11 is 0. The molecule has 5 nitrogen and oxygen atoms in total. The van der Waals surface area contributed by atoms with Crippen LogP contribution in [-0.2, 0) is 6.42 Å². The first-order valence-corrected chi connectivity index (χ1v) is 7.80. The van der Waals surface area contributed by atoms with Gasteiger partial charge in [-0.1, -0.05) is 18.2 Å². The van der Waals surface area contributed by atoms with Crippen LogP contribution in [0.3, 0.4) is 0 Å². The van der Waals surface area contributed by atoms with Crippen molar-refractivity contribution in [2.45, 2.75) is 12.8 Å². The van der Waals surface area contributed by atoms with Crippen LogP contribution in [0.15, 0.2) is 54.9 Å². The standard InChI is InChI=1S/C18H15FN4O/c19-14-7-1-5-13-6-3-11-22(17(13)14)18(24)15-8-2-9-16(21-15)23-12-4-10-20-23/h1-2,4-5,7-10,12H,3,6,11H2. The van der Waals surface area contributed by atoms with E-state index in [9.17, 15) is 9.18 Å². The fourth-order valence-corrected chi connectivity index (χ4v) is 3.02. The molecule has 0 radical (unpaired) electrons. The molecule has 24 heavy (non-hydrogen) atoms. The molecule has 0 unspecified atom stereocenters. The lowest BCUT2D eigenvalue weighted by molar-refractivity contribution is 0.0979. The van der Waals surface area contributed by atoms with Crippen LogP contribution in [0.2, 0.25) is 0 Å². The maximum absolute atomic E-state index is 14.3.